The van der Waals surface area contributed by atoms with Crippen molar-refractivity contribution in [2.75, 3.05) is 0 Å². The van der Waals surface area contributed by atoms with Gasteiger partial charge in [-0.2, -0.15) is 0 Å². The van der Waals surface area contributed by atoms with Gasteiger partial charge in [0.25, 0.3) is 0 Å². The number of hydrogen-bond donors (Lipinski definition) is 0. The molecule has 0 radical (unpaired) electrons. The van der Waals surface area contributed by atoms with E-state index in [0.29, 0.717) is 0 Å². The van der Waals surface area contributed by atoms with Gasteiger partial charge in [0.1, 0.15) is 0 Å². The summed E-state index contributed by atoms with van der Waals surface area (Å²) in [5, 5.41) is 0. The van der Waals surface area contributed by atoms with E-state index in [1.807, 2.05) is 0 Å². The minimum atomic E-state index is 0.863. The van der Waals surface area contributed by atoms with E-state index >= 15 is 0 Å². The van der Waals surface area contributed by atoms with Crippen LogP contribution < -0.4 is 0 Å². The molecule has 0 aliphatic carbocycles. The van der Waals surface area contributed by atoms with Crippen molar-refractivity contribution in [2.24, 2.45) is 29.6 Å². The maximum absolute atomic E-state index is 2.40. The lowest BCUT2D eigenvalue weighted by molar-refractivity contribution is 0.268. The predicted molar refractivity (Wildman–Crippen MR) is 94.1 cm³/mol. The highest BCUT2D eigenvalue weighted by Crippen LogP contribution is 2.30. The Bertz CT molecular complexity index is 204. The van der Waals surface area contributed by atoms with Gasteiger partial charge in [-0.3, -0.25) is 0 Å². The van der Waals surface area contributed by atoms with Crippen LogP contribution in [0.2, 0.25) is 0 Å². The van der Waals surface area contributed by atoms with Gasteiger partial charge in [-0.15, -0.1) is 0 Å². The van der Waals surface area contributed by atoms with Crippen molar-refractivity contribution in [3.05, 3.63) is 0 Å². The molecule has 0 aromatic heterocycles. The van der Waals surface area contributed by atoms with Crippen molar-refractivity contribution < 1.29 is 0 Å². The van der Waals surface area contributed by atoms with Gasteiger partial charge in [0.05, 0.1) is 0 Å². The van der Waals surface area contributed by atoms with Crippen molar-refractivity contribution in [2.45, 2.75) is 99.8 Å². The van der Waals surface area contributed by atoms with Gasteiger partial charge in [-0.05, 0) is 48.9 Å². The molecule has 0 bridgehead atoms. The Balaban J connectivity index is 4.18. The second-order valence-corrected chi connectivity index (χ2v) is 7.89. The Morgan fingerprint density at radius 2 is 0.850 bits per heavy atom. The smallest absolute Gasteiger partial charge is 0.0412 e. The van der Waals surface area contributed by atoms with Crippen molar-refractivity contribution in [1.82, 2.24) is 0 Å². The summed E-state index contributed by atoms with van der Waals surface area (Å²) in [4.78, 5) is 0. The second-order valence-electron chi connectivity index (χ2n) is 7.89. The minimum Gasteiger partial charge on any atom is -0.0651 e. The molecule has 3 unspecified atom stereocenters. The van der Waals surface area contributed by atoms with Crippen molar-refractivity contribution in [3.8, 4) is 0 Å². The molecule has 20 heavy (non-hydrogen) atoms. The normalized spacial score (nSPS) is 16.6. The average Bonchev–Trinajstić information content (AvgIpc) is 2.39. The van der Waals surface area contributed by atoms with Crippen LogP contribution in [0.15, 0.2) is 0 Å². The molecule has 0 saturated carbocycles. The number of rotatable bonds is 12. The lowest BCUT2D eigenvalue weighted by Gasteiger charge is -2.25. The molecule has 0 aliphatic heterocycles. The summed E-state index contributed by atoms with van der Waals surface area (Å²) in [6.45, 7) is 16.6. The molecule has 0 aromatic rings. The largest absolute Gasteiger partial charge is 0.0651 e. The van der Waals surface area contributed by atoms with E-state index in [0.717, 1.165) is 29.6 Å². The fourth-order valence-electron chi connectivity index (χ4n) is 3.68. The van der Waals surface area contributed by atoms with E-state index < -0.39 is 0 Å². The Hall–Kier alpha value is 0. The van der Waals surface area contributed by atoms with Crippen LogP contribution in [0.4, 0.5) is 0 Å². The van der Waals surface area contributed by atoms with Gasteiger partial charge in [-0.1, -0.05) is 80.6 Å². The molecule has 0 heteroatoms. The number of hydrogen-bond acceptors (Lipinski definition) is 0. The summed E-state index contributed by atoms with van der Waals surface area (Å²) < 4.78 is 0. The summed E-state index contributed by atoms with van der Waals surface area (Å²) in [5.74, 6) is 4.63. The van der Waals surface area contributed by atoms with Crippen LogP contribution in [0.25, 0.3) is 0 Å². The molecular weight excluding hydrogens is 240 g/mol. The van der Waals surface area contributed by atoms with Crippen LogP contribution in [0.3, 0.4) is 0 Å². The Kier molecular flexibility index (Phi) is 11.6. The summed E-state index contributed by atoms with van der Waals surface area (Å²) in [6, 6.07) is 0. The van der Waals surface area contributed by atoms with Gasteiger partial charge in [0.2, 0.25) is 0 Å². The first-order valence-electron chi connectivity index (χ1n) is 9.42. The second kappa shape index (κ2) is 11.6. The maximum Gasteiger partial charge on any atom is -0.0412 e. The van der Waals surface area contributed by atoms with Crippen LogP contribution in [-0.4, -0.2) is 0 Å². The van der Waals surface area contributed by atoms with Crippen LogP contribution in [0, 0.1) is 29.6 Å². The van der Waals surface area contributed by atoms with Crippen molar-refractivity contribution >= 4 is 0 Å². The van der Waals surface area contributed by atoms with Gasteiger partial charge in [0.15, 0.2) is 0 Å². The fraction of sp³-hybridized carbons (Fsp3) is 1.00. The minimum absolute atomic E-state index is 0.863. The first-order valence-corrected chi connectivity index (χ1v) is 9.42. The van der Waals surface area contributed by atoms with E-state index in [1.54, 1.807) is 0 Å². The molecule has 0 spiro atoms. The molecule has 0 aliphatic rings. The van der Waals surface area contributed by atoms with Crippen LogP contribution in [0.1, 0.15) is 99.8 Å². The van der Waals surface area contributed by atoms with E-state index in [2.05, 4.69) is 48.5 Å². The molecule has 0 saturated heterocycles. The third-order valence-corrected chi connectivity index (χ3v) is 4.99. The topological polar surface area (TPSA) is 0 Å². The Morgan fingerprint density at radius 3 is 1.20 bits per heavy atom. The van der Waals surface area contributed by atoms with Gasteiger partial charge >= 0.3 is 0 Å². The zero-order valence-corrected chi connectivity index (χ0v) is 15.5. The molecule has 122 valence electrons. The molecule has 0 fully saturated rings. The van der Waals surface area contributed by atoms with Crippen LogP contribution in [-0.2, 0) is 0 Å². The van der Waals surface area contributed by atoms with Gasteiger partial charge < -0.3 is 0 Å². The molecule has 0 aromatic carbocycles. The van der Waals surface area contributed by atoms with E-state index in [-0.39, 0.29) is 0 Å². The highest BCUT2D eigenvalue weighted by atomic mass is 14.2. The van der Waals surface area contributed by atoms with E-state index in [9.17, 15) is 0 Å². The van der Waals surface area contributed by atoms with Crippen molar-refractivity contribution in [1.29, 1.82) is 0 Å². The molecule has 0 amide bonds. The first-order chi connectivity index (χ1) is 9.42. The van der Waals surface area contributed by atoms with Gasteiger partial charge in [0, 0.05) is 0 Å². The van der Waals surface area contributed by atoms with E-state index in [1.165, 1.54) is 51.4 Å². The quantitative estimate of drug-likeness (QED) is 0.351. The predicted octanol–water partition coefficient (Wildman–Crippen LogP) is 7.33. The fourth-order valence-corrected chi connectivity index (χ4v) is 3.68. The van der Waals surface area contributed by atoms with Crippen LogP contribution in [0.5, 0.6) is 0 Å². The Morgan fingerprint density at radius 1 is 0.500 bits per heavy atom. The zero-order chi connectivity index (χ0) is 15.5. The molecule has 3 atom stereocenters. The van der Waals surface area contributed by atoms with Crippen molar-refractivity contribution in [3.63, 3.8) is 0 Å². The monoisotopic (exact) mass is 282 g/mol. The zero-order valence-electron chi connectivity index (χ0n) is 15.5. The standard InChI is InChI=1S/C20H42/c1-8-18(13-16(4)5)11-12-19(9-2)15-20(10-3)14-17(6)7/h16-20H,8-15H2,1-7H3. The molecular formula is C20H42. The summed E-state index contributed by atoms with van der Waals surface area (Å²) in [7, 11) is 0. The summed E-state index contributed by atoms with van der Waals surface area (Å²) in [5.41, 5.74) is 0. The highest BCUT2D eigenvalue weighted by Gasteiger charge is 2.17. The SMILES string of the molecule is CCC(CCC(CC)CC(CC)CC(C)C)CC(C)C. The van der Waals surface area contributed by atoms with E-state index in [4.69, 9.17) is 0 Å². The molecule has 0 heterocycles. The first kappa shape index (κ1) is 20.0. The highest BCUT2D eigenvalue weighted by molar-refractivity contribution is 4.69. The maximum atomic E-state index is 2.40. The van der Waals surface area contributed by atoms with Gasteiger partial charge in [-0.25, -0.2) is 0 Å². The summed E-state index contributed by atoms with van der Waals surface area (Å²) in [6.07, 6.45) is 11.4. The lowest BCUT2D eigenvalue weighted by atomic mass is 9.81. The average molecular weight is 283 g/mol. The molecule has 0 rings (SSSR count). The molecule has 0 nitrogen and oxygen atoms in total. The third-order valence-electron chi connectivity index (χ3n) is 4.99. The third kappa shape index (κ3) is 9.83. The Labute approximate surface area is 130 Å². The molecule has 0 N–H and O–H groups in total. The lowest BCUT2D eigenvalue weighted by Crippen LogP contribution is -2.12. The van der Waals surface area contributed by atoms with Crippen LogP contribution >= 0.6 is 0 Å². The summed E-state index contributed by atoms with van der Waals surface area (Å²) >= 11 is 0.